The summed E-state index contributed by atoms with van der Waals surface area (Å²) in [6.45, 7) is 0. The van der Waals surface area contributed by atoms with E-state index in [0.29, 0.717) is 0 Å². The van der Waals surface area contributed by atoms with Crippen LogP contribution in [0.15, 0.2) is 18.2 Å². The van der Waals surface area contributed by atoms with Crippen molar-refractivity contribution in [3.63, 3.8) is 0 Å². The predicted octanol–water partition coefficient (Wildman–Crippen LogP) is 0.972. The lowest BCUT2D eigenvalue weighted by molar-refractivity contribution is 0.0600. The van der Waals surface area contributed by atoms with Gasteiger partial charge in [-0.05, 0) is 24.3 Å². The molecular weight excluding hydrogens is 172 g/mol. The standard InChI is InChI=1S/C9H7O4/c1-13-9(12)7-4-2-3-6(5-7)8(10)11/h3-5H,1H3,(H,10,11). The van der Waals surface area contributed by atoms with Gasteiger partial charge in [-0.3, -0.25) is 0 Å². The molecule has 0 saturated heterocycles. The van der Waals surface area contributed by atoms with Crippen LogP contribution in [0.1, 0.15) is 20.7 Å². The summed E-state index contributed by atoms with van der Waals surface area (Å²) in [6, 6.07) is 6.44. The van der Waals surface area contributed by atoms with Gasteiger partial charge in [-0.1, -0.05) is 0 Å². The molecule has 1 aromatic carbocycles. The van der Waals surface area contributed by atoms with E-state index < -0.39 is 11.9 Å². The average Bonchev–Trinajstić information content (AvgIpc) is 2.17. The first-order valence-electron chi connectivity index (χ1n) is 3.48. The number of carbonyl (C=O) groups is 2. The lowest BCUT2D eigenvalue weighted by Crippen LogP contribution is -2.04. The third-order valence-electron chi connectivity index (χ3n) is 1.46. The Kier molecular flexibility index (Phi) is 2.64. The summed E-state index contributed by atoms with van der Waals surface area (Å²) in [5.74, 6) is -1.67. The zero-order chi connectivity index (χ0) is 9.84. The largest absolute Gasteiger partial charge is 0.478 e. The molecule has 4 nitrogen and oxygen atoms in total. The van der Waals surface area contributed by atoms with E-state index in [1.807, 2.05) is 0 Å². The molecule has 0 unspecified atom stereocenters. The maximum atomic E-state index is 11.0. The molecule has 0 atom stereocenters. The Morgan fingerprint density at radius 1 is 1.38 bits per heavy atom. The molecule has 0 aliphatic heterocycles. The highest BCUT2D eigenvalue weighted by Crippen LogP contribution is 2.05. The van der Waals surface area contributed by atoms with Crippen molar-refractivity contribution in [2.75, 3.05) is 7.11 Å². The van der Waals surface area contributed by atoms with Gasteiger partial charge >= 0.3 is 11.9 Å². The molecule has 1 N–H and O–H groups in total. The molecule has 1 aromatic rings. The number of esters is 1. The van der Waals surface area contributed by atoms with E-state index in [-0.39, 0.29) is 11.1 Å². The van der Waals surface area contributed by atoms with Gasteiger partial charge in [0.15, 0.2) is 0 Å². The highest BCUT2D eigenvalue weighted by molar-refractivity contribution is 5.94. The summed E-state index contributed by atoms with van der Waals surface area (Å²) in [5, 5.41) is 8.59. The molecule has 0 amide bonds. The van der Waals surface area contributed by atoms with Crippen molar-refractivity contribution in [3.8, 4) is 0 Å². The summed E-state index contributed by atoms with van der Waals surface area (Å²) >= 11 is 0. The molecule has 4 heteroatoms. The van der Waals surface area contributed by atoms with Crippen LogP contribution in [0.4, 0.5) is 0 Å². The second kappa shape index (κ2) is 3.71. The molecule has 0 bridgehead atoms. The van der Waals surface area contributed by atoms with Gasteiger partial charge in [-0.25, -0.2) is 9.59 Å². The van der Waals surface area contributed by atoms with Crippen LogP contribution in [0, 0.1) is 6.07 Å². The highest BCUT2D eigenvalue weighted by Gasteiger charge is 2.08. The molecule has 0 spiro atoms. The Hall–Kier alpha value is -1.84. The van der Waals surface area contributed by atoms with Crippen LogP contribution in [-0.2, 0) is 4.74 Å². The van der Waals surface area contributed by atoms with Gasteiger partial charge in [0.2, 0.25) is 0 Å². The van der Waals surface area contributed by atoms with Crippen LogP contribution in [0.25, 0.3) is 0 Å². The minimum absolute atomic E-state index is 0.0166. The normalized spacial score (nSPS) is 9.31. The average molecular weight is 179 g/mol. The minimum Gasteiger partial charge on any atom is -0.478 e. The molecule has 67 valence electrons. The third-order valence-corrected chi connectivity index (χ3v) is 1.46. The first-order valence-corrected chi connectivity index (χ1v) is 3.48. The van der Waals surface area contributed by atoms with E-state index in [9.17, 15) is 9.59 Å². The molecular formula is C9H7O4. The van der Waals surface area contributed by atoms with E-state index >= 15 is 0 Å². The number of ether oxygens (including phenoxy) is 1. The van der Waals surface area contributed by atoms with Crippen LogP contribution in [0.2, 0.25) is 0 Å². The number of carboxylic acids is 1. The number of hydrogen-bond acceptors (Lipinski definition) is 3. The molecule has 0 aliphatic carbocycles. The summed E-state index contributed by atoms with van der Waals surface area (Å²) in [7, 11) is 1.23. The van der Waals surface area contributed by atoms with Crippen molar-refractivity contribution in [1.29, 1.82) is 0 Å². The van der Waals surface area contributed by atoms with Gasteiger partial charge in [0.25, 0.3) is 0 Å². The number of benzene rings is 1. The molecule has 13 heavy (non-hydrogen) atoms. The van der Waals surface area contributed by atoms with Crippen molar-refractivity contribution in [3.05, 3.63) is 35.4 Å². The van der Waals surface area contributed by atoms with Crippen LogP contribution >= 0.6 is 0 Å². The minimum atomic E-state index is -1.10. The lowest BCUT2D eigenvalue weighted by Gasteiger charge is -1.99. The maximum absolute atomic E-state index is 11.0. The summed E-state index contributed by atoms with van der Waals surface area (Å²) in [4.78, 5) is 21.4. The van der Waals surface area contributed by atoms with Crippen molar-refractivity contribution < 1.29 is 19.4 Å². The van der Waals surface area contributed by atoms with Crippen LogP contribution < -0.4 is 0 Å². The van der Waals surface area contributed by atoms with Crippen molar-refractivity contribution in [2.45, 2.75) is 0 Å². The molecule has 0 aromatic heterocycles. The Morgan fingerprint density at radius 3 is 2.54 bits per heavy atom. The Bertz CT molecular complexity index is 343. The SMILES string of the molecule is COC(=O)c1c[c]cc(C(=O)O)c1. The summed E-state index contributed by atoms with van der Waals surface area (Å²) < 4.78 is 4.42. The van der Waals surface area contributed by atoms with Crippen molar-refractivity contribution >= 4 is 11.9 Å². The molecule has 0 fully saturated rings. The number of hydrogen-bond donors (Lipinski definition) is 1. The van der Waals surface area contributed by atoms with Gasteiger partial charge < -0.3 is 9.84 Å². The fraction of sp³-hybridized carbons (Fsp3) is 0.111. The lowest BCUT2D eigenvalue weighted by atomic mass is 10.1. The quantitative estimate of drug-likeness (QED) is 0.687. The molecule has 1 radical (unpaired) electrons. The fourth-order valence-corrected chi connectivity index (χ4v) is 0.831. The highest BCUT2D eigenvalue weighted by atomic mass is 16.5. The van der Waals surface area contributed by atoms with E-state index in [1.54, 1.807) is 0 Å². The van der Waals surface area contributed by atoms with E-state index in [0.717, 1.165) is 0 Å². The molecule has 0 saturated carbocycles. The number of rotatable bonds is 2. The van der Waals surface area contributed by atoms with E-state index in [1.165, 1.54) is 25.3 Å². The monoisotopic (exact) mass is 179 g/mol. The first kappa shape index (κ1) is 9.25. The van der Waals surface area contributed by atoms with Gasteiger partial charge in [0.1, 0.15) is 0 Å². The second-order valence-corrected chi connectivity index (χ2v) is 2.31. The van der Waals surface area contributed by atoms with Crippen LogP contribution in [-0.4, -0.2) is 24.2 Å². The Balaban J connectivity index is 3.05. The summed E-state index contributed by atoms with van der Waals surface area (Å²) in [6.07, 6.45) is 0. The number of carbonyl (C=O) groups excluding carboxylic acids is 1. The van der Waals surface area contributed by atoms with Crippen molar-refractivity contribution in [1.82, 2.24) is 0 Å². The van der Waals surface area contributed by atoms with Gasteiger partial charge in [-0.2, -0.15) is 0 Å². The Morgan fingerprint density at radius 2 is 2.00 bits per heavy atom. The van der Waals surface area contributed by atoms with Gasteiger partial charge in [0, 0.05) is 0 Å². The fourth-order valence-electron chi connectivity index (χ4n) is 0.831. The van der Waals surface area contributed by atoms with Crippen LogP contribution in [0.3, 0.4) is 0 Å². The topological polar surface area (TPSA) is 63.6 Å². The maximum Gasteiger partial charge on any atom is 0.337 e. The summed E-state index contributed by atoms with van der Waals surface area (Å²) in [5.41, 5.74) is 0.199. The zero-order valence-electron chi connectivity index (χ0n) is 6.90. The number of aromatic carboxylic acids is 1. The van der Waals surface area contributed by atoms with Crippen molar-refractivity contribution in [2.24, 2.45) is 0 Å². The van der Waals surface area contributed by atoms with Gasteiger partial charge in [-0.15, -0.1) is 0 Å². The smallest absolute Gasteiger partial charge is 0.337 e. The molecule has 1 rings (SSSR count). The van der Waals surface area contributed by atoms with Crippen LogP contribution in [0.5, 0.6) is 0 Å². The van der Waals surface area contributed by atoms with E-state index in [2.05, 4.69) is 10.8 Å². The molecule has 0 heterocycles. The number of methoxy groups -OCH3 is 1. The van der Waals surface area contributed by atoms with Gasteiger partial charge in [0.05, 0.1) is 18.2 Å². The third kappa shape index (κ3) is 2.05. The predicted molar refractivity (Wildman–Crippen MR) is 43.6 cm³/mol. The van der Waals surface area contributed by atoms with E-state index in [4.69, 9.17) is 5.11 Å². The molecule has 0 aliphatic rings. The first-order chi connectivity index (χ1) is 6.15. The second-order valence-electron chi connectivity index (χ2n) is 2.31. The zero-order valence-corrected chi connectivity index (χ0v) is 6.90. The number of carboxylic acid groups (broad SMARTS) is 1. The Labute approximate surface area is 74.8 Å².